The SMILES string of the molecule is C[C@@H](C(=O)NC[C@H](c1ccco1)N1CCCCC1)n1cccn1. The maximum absolute atomic E-state index is 12.4. The van der Waals surface area contributed by atoms with Gasteiger partial charge < -0.3 is 9.73 Å². The van der Waals surface area contributed by atoms with Crippen LogP contribution < -0.4 is 5.32 Å². The number of furan rings is 1. The molecule has 0 aromatic carbocycles. The second kappa shape index (κ2) is 7.46. The third-order valence-electron chi connectivity index (χ3n) is 4.47. The van der Waals surface area contributed by atoms with Gasteiger partial charge >= 0.3 is 0 Å². The second-order valence-electron chi connectivity index (χ2n) is 6.04. The van der Waals surface area contributed by atoms with Crippen molar-refractivity contribution in [3.8, 4) is 0 Å². The smallest absolute Gasteiger partial charge is 0.244 e. The molecule has 1 amide bonds. The van der Waals surface area contributed by atoms with Crippen molar-refractivity contribution in [2.45, 2.75) is 38.3 Å². The number of carbonyl (C=O) groups is 1. The molecule has 0 saturated carbocycles. The van der Waals surface area contributed by atoms with Gasteiger partial charge in [0.05, 0.1) is 12.3 Å². The Morgan fingerprint density at radius 3 is 2.83 bits per heavy atom. The minimum atomic E-state index is -0.316. The zero-order chi connectivity index (χ0) is 16.1. The highest BCUT2D eigenvalue weighted by atomic mass is 16.3. The molecule has 1 fully saturated rings. The fourth-order valence-corrected chi connectivity index (χ4v) is 3.10. The Morgan fingerprint density at radius 2 is 2.17 bits per heavy atom. The largest absolute Gasteiger partial charge is 0.468 e. The number of carbonyl (C=O) groups excluding carboxylic acids is 1. The van der Waals surface area contributed by atoms with Crippen molar-refractivity contribution in [2.75, 3.05) is 19.6 Å². The molecule has 6 heteroatoms. The van der Waals surface area contributed by atoms with E-state index in [9.17, 15) is 4.79 Å². The highest BCUT2D eigenvalue weighted by Crippen LogP contribution is 2.24. The van der Waals surface area contributed by atoms with Crippen LogP contribution >= 0.6 is 0 Å². The molecule has 1 aliphatic rings. The van der Waals surface area contributed by atoms with Crippen LogP contribution in [0.1, 0.15) is 44.0 Å². The van der Waals surface area contributed by atoms with Crippen LogP contribution in [-0.2, 0) is 4.79 Å². The van der Waals surface area contributed by atoms with Gasteiger partial charge in [-0.25, -0.2) is 0 Å². The number of nitrogens with one attached hydrogen (secondary N) is 1. The first-order valence-electron chi connectivity index (χ1n) is 8.30. The third-order valence-corrected chi connectivity index (χ3v) is 4.47. The fraction of sp³-hybridized carbons (Fsp3) is 0.529. The number of amides is 1. The van der Waals surface area contributed by atoms with Crippen molar-refractivity contribution in [1.82, 2.24) is 20.0 Å². The molecule has 2 aromatic rings. The molecule has 0 unspecified atom stereocenters. The van der Waals surface area contributed by atoms with Crippen molar-refractivity contribution in [1.29, 1.82) is 0 Å². The standard InChI is InChI=1S/C17H24N4O2/c1-14(21-11-6-8-19-21)17(22)18-13-15(16-7-5-12-23-16)20-9-3-2-4-10-20/h5-8,11-12,14-15H,2-4,9-10,13H2,1H3,(H,18,22)/t14-,15+/m0/s1. The van der Waals surface area contributed by atoms with E-state index in [1.807, 2.05) is 25.1 Å². The molecule has 1 saturated heterocycles. The quantitative estimate of drug-likeness (QED) is 0.889. The monoisotopic (exact) mass is 316 g/mol. The van der Waals surface area contributed by atoms with Crippen LogP contribution in [0.3, 0.4) is 0 Å². The minimum absolute atomic E-state index is 0.0257. The summed E-state index contributed by atoms with van der Waals surface area (Å²) in [5, 5.41) is 7.19. The maximum atomic E-state index is 12.4. The van der Waals surface area contributed by atoms with Crippen molar-refractivity contribution in [3.05, 3.63) is 42.6 Å². The number of aromatic nitrogens is 2. The van der Waals surface area contributed by atoms with Crippen molar-refractivity contribution < 1.29 is 9.21 Å². The first-order valence-corrected chi connectivity index (χ1v) is 8.30. The van der Waals surface area contributed by atoms with Crippen LogP contribution in [-0.4, -0.2) is 40.2 Å². The Hall–Kier alpha value is -2.08. The maximum Gasteiger partial charge on any atom is 0.244 e. The molecule has 3 rings (SSSR count). The molecule has 3 heterocycles. The van der Waals surface area contributed by atoms with Gasteiger partial charge in [0, 0.05) is 18.9 Å². The van der Waals surface area contributed by atoms with E-state index in [1.54, 1.807) is 23.3 Å². The van der Waals surface area contributed by atoms with Gasteiger partial charge in [-0.2, -0.15) is 5.10 Å². The fourth-order valence-electron chi connectivity index (χ4n) is 3.10. The summed E-state index contributed by atoms with van der Waals surface area (Å²) in [5.74, 6) is 0.890. The Bertz CT molecular complexity index is 588. The molecular weight excluding hydrogens is 292 g/mol. The van der Waals surface area contributed by atoms with Crippen LogP contribution in [0.25, 0.3) is 0 Å². The predicted octanol–water partition coefficient (Wildman–Crippen LogP) is 2.38. The first-order chi connectivity index (χ1) is 11.3. The lowest BCUT2D eigenvalue weighted by atomic mass is 10.1. The summed E-state index contributed by atoms with van der Waals surface area (Å²) in [4.78, 5) is 14.8. The van der Waals surface area contributed by atoms with E-state index >= 15 is 0 Å². The van der Waals surface area contributed by atoms with Gasteiger partial charge in [-0.15, -0.1) is 0 Å². The number of hydrogen-bond acceptors (Lipinski definition) is 4. The first kappa shape index (κ1) is 15.8. The second-order valence-corrected chi connectivity index (χ2v) is 6.04. The lowest BCUT2D eigenvalue weighted by Gasteiger charge is -2.33. The number of rotatable bonds is 6. The van der Waals surface area contributed by atoms with Gasteiger partial charge in [0.25, 0.3) is 0 Å². The molecule has 23 heavy (non-hydrogen) atoms. The van der Waals surface area contributed by atoms with Crippen molar-refractivity contribution in [2.24, 2.45) is 0 Å². The summed E-state index contributed by atoms with van der Waals surface area (Å²) >= 11 is 0. The molecule has 2 aromatic heterocycles. The molecule has 6 nitrogen and oxygen atoms in total. The Balaban J connectivity index is 1.63. The highest BCUT2D eigenvalue weighted by Gasteiger charge is 2.26. The molecule has 0 aliphatic carbocycles. The van der Waals surface area contributed by atoms with Crippen LogP contribution in [0, 0.1) is 0 Å². The lowest BCUT2D eigenvalue weighted by molar-refractivity contribution is -0.124. The summed E-state index contributed by atoms with van der Waals surface area (Å²) in [6.45, 7) is 4.51. The Morgan fingerprint density at radius 1 is 1.35 bits per heavy atom. The molecule has 0 bridgehead atoms. The Kier molecular flexibility index (Phi) is 5.12. The number of nitrogens with zero attached hydrogens (tertiary/aromatic N) is 3. The van der Waals surface area contributed by atoms with E-state index in [0.717, 1.165) is 18.8 Å². The number of piperidine rings is 1. The molecule has 0 spiro atoms. The summed E-state index contributed by atoms with van der Waals surface area (Å²) in [5.41, 5.74) is 0. The van der Waals surface area contributed by atoms with E-state index in [2.05, 4.69) is 15.3 Å². The summed E-state index contributed by atoms with van der Waals surface area (Å²) < 4.78 is 7.27. The molecule has 1 N–H and O–H groups in total. The highest BCUT2D eigenvalue weighted by molar-refractivity contribution is 5.79. The summed E-state index contributed by atoms with van der Waals surface area (Å²) in [6.07, 6.45) is 8.87. The molecule has 0 radical (unpaired) electrons. The molecule has 2 atom stereocenters. The molecule has 124 valence electrons. The number of likely N-dealkylation sites (tertiary alicyclic amines) is 1. The number of hydrogen-bond donors (Lipinski definition) is 1. The van der Waals surface area contributed by atoms with E-state index in [-0.39, 0.29) is 18.0 Å². The minimum Gasteiger partial charge on any atom is -0.468 e. The van der Waals surface area contributed by atoms with Gasteiger partial charge in [0.1, 0.15) is 11.8 Å². The van der Waals surface area contributed by atoms with Gasteiger partial charge in [0.2, 0.25) is 5.91 Å². The van der Waals surface area contributed by atoms with Gasteiger partial charge in [-0.3, -0.25) is 14.4 Å². The predicted molar refractivity (Wildman–Crippen MR) is 86.8 cm³/mol. The summed E-state index contributed by atoms with van der Waals surface area (Å²) in [7, 11) is 0. The van der Waals surface area contributed by atoms with E-state index in [1.165, 1.54) is 19.3 Å². The zero-order valence-electron chi connectivity index (χ0n) is 13.5. The van der Waals surface area contributed by atoms with Gasteiger partial charge in [-0.1, -0.05) is 6.42 Å². The van der Waals surface area contributed by atoms with Gasteiger partial charge in [0.15, 0.2) is 0 Å². The van der Waals surface area contributed by atoms with Crippen LogP contribution in [0.15, 0.2) is 41.3 Å². The topological polar surface area (TPSA) is 63.3 Å². The zero-order valence-corrected chi connectivity index (χ0v) is 13.5. The lowest BCUT2D eigenvalue weighted by Crippen LogP contribution is -2.42. The molecular formula is C17H24N4O2. The van der Waals surface area contributed by atoms with E-state index in [0.29, 0.717) is 6.54 Å². The average molecular weight is 316 g/mol. The Labute approximate surface area is 136 Å². The van der Waals surface area contributed by atoms with Crippen LogP contribution in [0.2, 0.25) is 0 Å². The van der Waals surface area contributed by atoms with E-state index in [4.69, 9.17) is 4.42 Å². The van der Waals surface area contributed by atoms with E-state index < -0.39 is 0 Å². The van der Waals surface area contributed by atoms with Crippen molar-refractivity contribution in [3.63, 3.8) is 0 Å². The van der Waals surface area contributed by atoms with Crippen molar-refractivity contribution >= 4 is 5.91 Å². The van der Waals surface area contributed by atoms with Crippen LogP contribution in [0.5, 0.6) is 0 Å². The average Bonchev–Trinajstić information content (AvgIpc) is 3.29. The van der Waals surface area contributed by atoms with Crippen LogP contribution in [0.4, 0.5) is 0 Å². The van der Waals surface area contributed by atoms with Gasteiger partial charge in [-0.05, 0) is 51.1 Å². The summed E-state index contributed by atoms with van der Waals surface area (Å²) in [6, 6.07) is 5.49. The normalized spacial score (nSPS) is 18.5. The third kappa shape index (κ3) is 3.82. The molecule has 1 aliphatic heterocycles.